The Bertz CT molecular complexity index is 324. The fourth-order valence-electron chi connectivity index (χ4n) is 3.09. The third-order valence-electron chi connectivity index (χ3n) is 3.86. The largest absolute Gasteiger partial charge is 0.369 e. The van der Waals surface area contributed by atoms with Crippen LogP contribution in [0.4, 0.5) is 0 Å². The van der Waals surface area contributed by atoms with Crippen molar-refractivity contribution in [3.05, 3.63) is 0 Å². The van der Waals surface area contributed by atoms with Crippen LogP contribution in [0.25, 0.3) is 0 Å². The van der Waals surface area contributed by atoms with E-state index in [4.69, 9.17) is 11.5 Å². The van der Waals surface area contributed by atoms with E-state index in [1.165, 1.54) is 0 Å². The summed E-state index contributed by atoms with van der Waals surface area (Å²) in [4.78, 5) is 22.3. The summed E-state index contributed by atoms with van der Waals surface area (Å²) >= 11 is 0. The molecule has 0 radical (unpaired) electrons. The Morgan fingerprint density at radius 2 is 1.04 bits per heavy atom. The highest BCUT2D eigenvalue weighted by Crippen LogP contribution is 2.20. The highest BCUT2D eigenvalue weighted by Gasteiger charge is 2.24. The van der Waals surface area contributed by atoms with Gasteiger partial charge in [-0.15, -0.1) is 0 Å². The maximum Gasteiger partial charge on any atom is 0.223 e. The standard InChI is InChI=1S/C10H21NO.C8H17NO.C2H7N/c1-6-11-10(12)9(7(2)3)8(4)5;1-5(2)7(6(3)4)8(9)10;1-2-3/h7-9H,6H2,1-5H3,(H,11,12);5-7H,1-4H3,(H2,9,10);2-3H2,1H3. The second-order valence-electron chi connectivity index (χ2n) is 7.73. The van der Waals surface area contributed by atoms with Crippen molar-refractivity contribution >= 4 is 11.8 Å². The smallest absolute Gasteiger partial charge is 0.223 e. The van der Waals surface area contributed by atoms with Gasteiger partial charge in [0.2, 0.25) is 11.8 Å². The van der Waals surface area contributed by atoms with Crippen LogP contribution in [0, 0.1) is 35.5 Å². The van der Waals surface area contributed by atoms with Crippen LogP contribution >= 0.6 is 0 Å². The van der Waals surface area contributed by atoms with Gasteiger partial charge in [0, 0.05) is 18.4 Å². The topological polar surface area (TPSA) is 98.2 Å². The minimum Gasteiger partial charge on any atom is -0.369 e. The first kappa shape index (κ1) is 28.7. The monoisotopic (exact) mass is 359 g/mol. The normalized spacial score (nSPS) is 10.8. The Labute approximate surface area is 156 Å². The van der Waals surface area contributed by atoms with Gasteiger partial charge in [0.05, 0.1) is 0 Å². The molecule has 5 heteroatoms. The molecule has 0 unspecified atom stereocenters. The molecule has 25 heavy (non-hydrogen) atoms. The third-order valence-corrected chi connectivity index (χ3v) is 3.86. The highest BCUT2D eigenvalue weighted by atomic mass is 16.2. The zero-order valence-electron chi connectivity index (χ0n) is 18.3. The van der Waals surface area contributed by atoms with E-state index in [1.807, 2.05) is 41.5 Å². The van der Waals surface area contributed by atoms with Gasteiger partial charge in [-0.1, -0.05) is 62.3 Å². The van der Waals surface area contributed by atoms with Gasteiger partial charge >= 0.3 is 0 Å². The summed E-state index contributed by atoms with van der Waals surface area (Å²) < 4.78 is 0. The Morgan fingerprint density at radius 1 is 0.760 bits per heavy atom. The SMILES string of the molecule is CC(C)C(C(N)=O)C(C)C.CCN.CCNC(=O)C(C(C)C)C(C)C. The average molecular weight is 360 g/mol. The second kappa shape index (κ2) is 16.4. The van der Waals surface area contributed by atoms with Gasteiger partial charge < -0.3 is 16.8 Å². The van der Waals surface area contributed by atoms with E-state index >= 15 is 0 Å². The van der Waals surface area contributed by atoms with E-state index in [9.17, 15) is 9.59 Å². The summed E-state index contributed by atoms with van der Waals surface area (Å²) in [7, 11) is 0. The number of nitrogens with one attached hydrogen (secondary N) is 1. The van der Waals surface area contributed by atoms with Gasteiger partial charge in [-0.25, -0.2) is 0 Å². The average Bonchev–Trinajstić information content (AvgIpc) is 2.37. The number of hydrogen-bond acceptors (Lipinski definition) is 3. The van der Waals surface area contributed by atoms with Crippen molar-refractivity contribution in [2.24, 2.45) is 47.0 Å². The lowest BCUT2D eigenvalue weighted by Gasteiger charge is -2.23. The molecule has 0 aromatic rings. The highest BCUT2D eigenvalue weighted by molar-refractivity contribution is 5.79. The molecule has 0 fully saturated rings. The molecule has 0 aliphatic heterocycles. The molecule has 0 rings (SSSR count). The molecule has 2 amide bonds. The minimum atomic E-state index is -0.176. The van der Waals surface area contributed by atoms with Crippen LogP contribution in [0.15, 0.2) is 0 Å². The van der Waals surface area contributed by atoms with Crippen LogP contribution in [-0.4, -0.2) is 24.9 Å². The van der Waals surface area contributed by atoms with E-state index < -0.39 is 0 Å². The van der Waals surface area contributed by atoms with Gasteiger partial charge in [-0.05, 0) is 37.1 Å². The molecule has 0 saturated heterocycles. The van der Waals surface area contributed by atoms with E-state index in [2.05, 4.69) is 33.0 Å². The first-order valence-corrected chi connectivity index (χ1v) is 9.65. The lowest BCUT2D eigenvalue weighted by molar-refractivity contribution is -0.127. The molecule has 0 saturated carbocycles. The number of nitrogens with two attached hydrogens (primary N) is 2. The molecule has 0 aromatic heterocycles. The van der Waals surface area contributed by atoms with E-state index in [0.717, 1.165) is 13.1 Å². The van der Waals surface area contributed by atoms with Crippen LogP contribution in [-0.2, 0) is 9.59 Å². The number of amides is 2. The van der Waals surface area contributed by atoms with Gasteiger partial charge in [0.1, 0.15) is 0 Å². The molecule has 5 nitrogen and oxygen atoms in total. The van der Waals surface area contributed by atoms with Crippen molar-refractivity contribution < 1.29 is 9.59 Å². The predicted molar refractivity (Wildman–Crippen MR) is 109 cm³/mol. The van der Waals surface area contributed by atoms with Crippen molar-refractivity contribution in [1.29, 1.82) is 0 Å². The van der Waals surface area contributed by atoms with Gasteiger partial charge in [-0.3, -0.25) is 9.59 Å². The summed E-state index contributed by atoms with van der Waals surface area (Å²) in [5, 5.41) is 2.87. The summed E-state index contributed by atoms with van der Waals surface area (Å²) in [6, 6.07) is 0. The Balaban J connectivity index is -0.000000338. The van der Waals surface area contributed by atoms with Gasteiger partial charge in [0.25, 0.3) is 0 Å². The molecule has 0 aromatic carbocycles. The molecule has 5 N–H and O–H groups in total. The number of hydrogen-bond donors (Lipinski definition) is 3. The number of rotatable bonds is 7. The molecule has 0 aliphatic rings. The molecule has 0 spiro atoms. The number of carbonyl (C=O) groups is 2. The molecule has 152 valence electrons. The molecule has 0 atom stereocenters. The van der Waals surface area contributed by atoms with Gasteiger partial charge in [-0.2, -0.15) is 0 Å². The van der Waals surface area contributed by atoms with Crippen molar-refractivity contribution in [3.63, 3.8) is 0 Å². The molecule has 0 heterocycles. The maximum atomic E-state index is 11.5. The van der Waals surface area contributed by atoms with E-state index in [-0.39, 0.29) is 23.7 Å². The maximum absolute atomic E-state index is 11.5. The Kier molecular flexibility index (Phi) is 18.8. The van der Waals surface area contributed by atoms with Crippen molar-refractivity contribution in [1.82, 2.24) is 5.32 Å². The van der Waals surface area contributed by atoms with Crippen LogP contribution in [0.2, 0.25) is 0 Å². The fourth-order valence-corrected chi connectivity index (χ4v) is 3.09. The second-order valence-corrected chi connectivity index (χ2v) is 7.73. The summed E-state index contributed by atoms with van der Waals surface area (Å²) in [5.74, 6) is 1.78. The lowest BCUT2D eigenvalue weighted by Crippen LogP contribution is -2.36. The van der Waals surface area contributed by atoms with Gasteiger partial charge in [0.15, 0.2) is 0 Å². The third kappa shape index (κ3) is 14.9. The van der Waals surface area contributed by atoms with E-state index in [1.54, 1.807) is 0 Å². The van der Waals surface area contributed by atoms with E-state index in [0.29, 0.717) is 23.7 Å². The van der Waals surface area contributed by atoms with Crippen LogP contribution < -0.4 is 16.8 Å². The minimum absolute atomic E-state index is 0.0278. The van der Waals surface area contributed by atoms with Crippen molar-refractivity contribution in [3.8, 4) is 0 Å². The summed E-state index contributed by atoms with van der Waals surface area (Å²) in [6.45, 7) is 21.8. The zero-order chi connectivity index (χ0) is 20.7. The summed E-state index contributed by atoms with van der Waals surface area (Å²) in [6.07, 6.45) is 0. The molecule has 0 aliphatic carbocycles. The predicted octanol–water partition coefficient (Wildman–Crippen LogP) is 3.42. The number of carbonyl (C=O) groups excluding carboxylic acids is 2. The zero-order valence-corrected chi connectivity index (χ0v) is 18.3. The number of primary amides is 1. The fraction of sp³-hybridized carbons (Fsp3) is 0.900. The first-order valence-electron chi connectivity index (χ1n) is 9.65. The van der Waals surface area contributed by atoms with Crippen LogP contribution in [0.1, 0.15) is 69.2 Å². The molecular formula is C20H45N3O2. The van der Waals surface area contributed by atoms with Crippen molar-refractivity contribution in [2.75, 3.05) is 13.1 Å². The Morgan fingerprint density at radius 3 is 1.16 bits per heavy atom. The van der Waals surface area contributed by atoms with Crippen LogP contribution in [0.3, 0.4) is 0 Å². The van der Waals surface area contributed by atoms with Crippen LogP contribution in [0.5, 0.6) is 0 Å². The first-order chi connectivity index (χ1) is 11.4. The molecule has 0 bridgehead atoms. The summed E-state index contributed by atoms with van der Waals surface area (Å²) in [5.41, 5.74) is 10.0. The quantitative estimate of drug-likeness (QED) is 0.649. The lowest BCUT2D eigenvalue weighted by atomic mass is 9.85. The van der Waals surface area contributed by atoms with Crippen molar-refractivity contribution in [2.45, 2.75) is 69.2 Å². The molecular weight excluding hydrogens is 314 g/mol. The Hall–Kier alpha value is -1.10.